The van der Waals surface area contributed by atoms with E-state index in [4.69, 9.17) is 31.5 Å². The lowest BCUT2D eigenvalue weighted by Gasteiger charge is -2.33. The van der Waals surface area contributed by atoms with Crippen molar-refractivity contribution in [1.82, 2.24) is 36.8 Å². The summed E-state index contributed by atoms with van der Waals surface area (Å²) in [5.74, 6) is -17.0. The number of carboxylic acids is 1. The summed E-state index contributed by atoms with van der Waals surface area (Å²) in [5, 5.41) is 116. The van der Waals surface area contributed by atoms with Crippen molar-refractivity contribution in [1.29, 1.82) is 0 Å². The lowest BCUT2D eigenvalue weighted by molar-refractivity contribution is -0.143. The number of carboxylic acid groups (broad SMARTS) is 1. The van der Waals surface area contributed by atoms with Gasteiger partial charge >= 0.3 is 19.2 Å². The zero-order valence-corrected chi connectivity index (χ0v) is 48.9. The Morgan fingerprint density at radius 1 is 0.708 bits per heavy atom. The van der Waals surface area contributed by atoms with Crippen molar-refractivity contribution >= 4 is 77.6 Å². The molecular weight excluding hydrogens is 1190 g/mol. The average Bonchev–Trinajstić information content (AvgIpc) is 0.838. The summed E-state index contributed by atoms with van der Waals surface area (Å²) in [6.07, 6.45) is -6.50. The summed E-state index contributed by atoms with van der Waals surface area (Å²) in [4.78, 5) is 130. The van der Waals surface area contributed by atoms with E-state index >= 15 is 14.4 Å². The number of aliphatic carboxylic acids is 1. The van der Waals surface area contributed by atoms with Gasteiger partial charge in [0.1, 0.15) is 82.8 Å². The quantitative estimate of drug-likeness (QED) is 0.0918. The van der Waals surface area contributed by atoms with Crippen LogP contribution in [0.25, 0.3) is 11.1 Å². The second-order valence-electron chi connectivity index (χ2n) is 22.6. The van der Waals surface area contributed by atoms with Crippen LogP contribution in [-0.4, -0.2) is 148 Å². The number of aliphatic hydroxyl groups is 2. The molecule has 17 N–H and O–H groups in total. The Hall–Kier alpha value is -9.88. The topological polar surface area (TPSA) is 465 Å². The number of hydrogen-bond donors (Lipinski definition) is 16. The number of hydrogen-bond acceptors (Lipinski definition) is 20. The van der Waals surface area contributed by atoms with Crippen molar-refractivity contribution in [3.63, 3.8) is 0 Å². The van der Waals surface area contributed by atoms with E-state index in [-0.39, 0.29) is 39.8 Å². The van der Waals surface area contributed by atoms with Gasteiger partial charge in [0.05, 0.1) is 11.4 Å². The average molecular weight is 1250 g/mol. The van der Waals surface area contributed by atoms with E-state index in [2.05, 4.69) is 31.9 Å². The number of phenols is 4. The van der Waals surface area contributed by atoms with E-state index < -0.39 is 195 Å². The Kier molecular flexibility index (Phi) is 18.9. The molecule has 5 aliphatic rings. The molecule has 10 rings (SSSR count). The van der Waals surface area contributed by atoms with E-state index in [1.807, 2.05) is 0 Å². The first kappa shape index (κ1) is 65.1. The molecule has 0 aliphatic carbocycles. The largest absolute Gasteiger partial charge is 0.508 e. The molecule has 0 fully saturated rings. The van der Waals surface area contributed by atoms with E-state index in [1.165, 1.54) is 7.05 Å². The fourth-order valence-corrected chi connectivity index (χ4v) is 10.3. The van der Waals surface area contributed by atoms with Crippen LogP contribution in [0.1, 0.15) is 106 Å². The number of nitrogens with two attached hydrogens (primary N) is 1. The number of halogens is 1. The van der Waals surface area contributed by atoms with Gasteiger partial charge in [0.2, 0.25) is 47.1 Å². The molecule has 89 heavy (non-hydrogen) atoms. The van der Waals surface area contributed by atoms with Gasteiger partial charge in [-0.1, -0.05) is 49.7 Å². The number of ether oxygens (including phenoxy) is 3. The highest BCUT2D eigenvalue weighted by molar-refractivity contribution is 6.59. The third-order valence-corrected chi connectivity index (χ3v) is 14.8. The summed E-state index contributed by atoms with van der Waals surface area (Å²) in [5.41, 5.74) is 1.14. The number of carbonyl (C=O) groups excluding carboxylic acids is 8. The Labute approximate surface area is 510 Å². The molecule has 0 radical (unpaired) electrons. The van der Waals surface area contributed by atoms with E-state index in [0.29, 0.717) is 0 Å². The van der Waals surface area contributed by atoms with Gasteiger partial charge < -0.3 is 97.6 Å². The standard InChI is InChI=1S/C58H62BClN8O21/c1-22(2)13-33(68(6)57(84)89-58(3,4)5)51(77)66-45-47(73)24-8-11-36(30(15-24)59(85)86)87-38-17-26-18-39(49(38)75)88-37-12-9-25(16-31(37)60)48(74)46-55(81)65-44(56(82)83)29-19-27(69)20-35(71)41(29)28-14-23(7-10-34(28)70)42(52(78)67-46)64-53(79)43(26)63-50(76)32(21-40(61)72)62-54(45)80/h7-12,14-20,22,32-33,42-48,69-71,73-75,85-86H,13,21H2,1-6H3,(H2,61,72)(H,62,80)(H,63,76)(H,64,79)(H,65,81)(H,66,77)(H,67,78)(H,82,83)/t32-,33+,42+,43+,44-,45+,46-,47+,48+/m0/s1. The maximum atomic E-state index is 15.5. The van der Waals surface area contributed by atoms with Crippen molar-refractivity contribution in [2.24, 2.45) is 11.7 Å². The maximum absolute atomic E-state index is 15.5. The molecule has 5 heterocycles. The Balaban J connectivity index is 1.35. The lowest BCUT2D eigenvalue weighted by atomic mass is 9.78. The summed E-state index contributed by atoms with van der Waals surface area (Å²) in [6.45, 7) is 8.18. The van der Waals surface area contributed by atoms with Crippen LogP contribution in [0.3, 0.4) is 0 Å². The van der Waals surface area contributed by atoms with Gasteiger partial charge in [-0.2, -0.15) is 0 Å². The van der Waals surface area contributed by atoms with E-state index in [9.17, 15) is 74.6 Å². The minimum absolute atomic E-state index is 0.0570. The lowest BCUT2D eigenvalue weighted by Crippen LogP contribution is -2.59. The van der Waals surface area contributed by atoms with Gasteiger partial charge in [-0.3, -0.25) is 38.5 Å². The first-order valence-corrected chi connectivity index (χ1v) is 27.7. The molecule has 0 saturated heterocycles. The third-order valence-electron chi connectivity index (χ3n) is 14.5. The van der Waals surface area contributed by atoms with Crippen molar-refractivity contribution in [2.75, 3.05) is 7.05 Å². The van der Waals surface area contributed by atoms with Gasteiger partial charge in [0, 0.05) is 35.3 Å². The number of benzene rings is 5. The number of aliphatic hydroxyl groups excluding tert-OH is 2. The van der Waals surface area contributed by atoms with Gasteiger partial charge in [-0.25, -0.2) is 9.59 Å². The fraction of sp³-hybridized carbons (Fsp3) is 0.328. The highest BCUT2D eigenvalue weighted by atomic mass is 35.5. The zero-order valence-electron chi connectivity index (χ0n) is 48.1. The monoisotopic (exact) mass is 1250 g/mol. The molecule has 0 aromatic heterocycles. The Bertz CT molecular complexity index is 3710. The minimum atomic E-state index is -2.49. The van der Waals surface area contributed by atoms with Crippen LogP contribution in [-0.2, 0) is 43.1 Å². The molecular formula is C58H62BClN8O21. The van der Waals surface area contributed by atoms with Crippen LogP contribution in [0.4, 0.5) is 4.79 Å². The second-order valence-corrected chi connectivity index (χ2v) is 23.0. The Morgan fingerprint density at radius 3 is 1.91 bits per heavy atom. The molecule has 29 nitrogen and oxygen atoms in total. The smallest absolute Gasteiger partial charge is 0.492 e. The van der Waals surface area contributed by atoms with Gasteiger partial charge in [-0.15, -0.1) is 0 Å². The SMILES string of the molecule is CC(C)C[C@H](C(=O)N[C@H]1C(=O)N[C@@H](CC(N)=O)C(=O)N[C@H]2C(=O)N[C@H]3C(=O)N[C@H](C(=O)N[C@H](C(=O)O)c4cc(O)cc(O)c4-c4cc3ccc4O)[C@H](O)c3ccc(c(Cl)c3)Oc3cc2cc(c3O)Oc2ccc(cc2B(O)O)[C@H]1O)N(C)C(=O)OC(C)(C)C. The number of aromatic hydroxyl groups is 4. The first-order chi connectivity index (χ1) is 41.7. The number of phenolic OH excluding ortho intramolecular Hbond substituents is 4. The maximum Gasteiger partial charge on any atom is 0.492 e. The summed E-state index contributed by atoms with van der Waals surface area (Å²) in [6, 6.07) is -1.73. The number of rotatable bonds is 9. The van der Waals surface area contributed by atoms with Crippen LogP contribution in [0, 0.1) is 5.92 Å². The molecule has 0 unspecified atom stereocenters. The van der Waals surface area contributed by atoms with Crippen molar-refractivity contribution < 1.29 is 103 Å². The van der Waals surface area contributed by atoms with E-state index in [1.54, 1.807) is 34.6 Å². The van der Waals surface area contributed by atoms with Gasteiger partial charge in [0.25, 0.3) is 0 Å². The normalized spacial score (nSPS) is 21.4. The number of amides is 8. The van der Waals surface area contributed by atoms with Crippen molar-refractivity contribution in [3.8, 4) is 57.1 Å². The van der Waals surface area contributed by atoms with Gasteiger partial charge in [0.15, 0.2) is 17.5 Å². The predicted octanol–water partition coefficient (Wildman–Crippen LogP) is 1.07. The molecule has 9 atom stereocenters. The number of nitrogens with one attached hydrogen (secondary N) is 6. The molecule has 8 amide bonds. The third kappa shape index (κ3) is 14.3. The predicted molar refractivity (Wildman–Crippen MR) is 310 cm³/mol. The number of fused-ring (bicyclic) bond motifs is 15. The molecule has 5 aliphatic heterocycles. The first-order valence-electron chi connectivity index (χ1n) is 27.3. The highest BCUT2D eigenvalue weighted by Gasteiger charge is 2.43. The number of nitrogens with zero attached hydrogens (tertiary/aromatic N) is 1. The molecule has 470 valence electrons. The van der Waals surface area contributed by atoms with Crippen molar-refractivity contribution in [2.45, 2.75) is 108 Å². The summed E-state index contributed by atoms with van der Waals surface area (Å²) in [7, 11) is -1.24. The van der Waals surface area contributed by atoms with Crippen molar-refractivity contribution in [3.05, 3.63) is 112 Å². The van der Waals surface area contributed by atoms with Crippen LogP contribution in [0.2, 0.25) is 5.02 Å². The van der Waals surface area contributed by atoms with Crippen LogP contribution in [0.5, 0.6) is 46.0 Å². The molecule has 5 aromatic rings. The molecule has 0 spiro atoms. The van der Waals surface area contributed by atoms with Crippen LogP contribution < -0.4 is 52.6 Å². The Morgan fingerprint density at radius 2 is 1.30 bits per heavy atom. The molecule has 0 saturated carbocycles. The van der Waals surface area contributed by atoms with Gasteiger partial charge in [-0.05, 0) is 104 Å². The van der Waals surface area contributed by atoms with E-state index in [0.717, 1.165) is 83.8 Å². The number of likely N-dealkylation sites (N-methyl/N-ethyl adjacent to an activating group) is 1. The number of primary amides is 1. The second kappa shape index (κ2) is 25.8. The fourth-order valence-electron chi connectivity index (χ4n) is 10.1. The zero-order chi connectivity index (χ0) is 65.4. The molecule has 11 bridgehead atoms. The molecule has 31 heteroatoms. The van der Waals surface area contributed by atoms with Crippen LogP contribution >= 0.6 is 11.6 Å². The highest BCUT2D eigenvalue weighted by Crippen LogP contribution is 2.47. The summed E-state index contributed by atoms with van der Waals surface area (Å²) >= 11 is 6.76. The molecule has 5 aromatic carbocycles. The number of carbonyl (C=O) groups is 9. The summed E-state index contributed by atoms with van der Waals surface area (Å²) < 4.78 is 17.7. The minimum Gasteiger partial charge on any atom is -0.508 e. The van der Waals surface area contributed by atoms with Crippen LogP contribution in [0.15, 0.2) is 78.9 Å².